The van der Waals surface area contributed by atoms with E-state index in [2.05, 4.69) is 20.4 Å². The predicted octanol–water partition coefficient (Wildman–Crippen LogP) is 5.91. The Morgan fingerprint density at radius 2 is 1.48 bits per heavy atom. The van der Waals surface area contributed by atoms with E-state index >= 15 is 0 Å². The fourth-order valence-corrected chi connectivity index (χ4v) is 3.96. The second-order valence-electron chi connectivity index (χ2n) is 8.00. The van der Waals surface area contributed by atoms with Crippen LogP contribution in [-0.2, 0) is 0 Å². The summed E-state index contributed by atoms with van der Waals surface area (Å²) in [6, 6.07) is 0. The molecule has 1 aliphatic carbocycles. The van der Waals surface area contributed by atoms with Crippen LogP contribution in [-0.4, -0.2) is 21.4 Å². The van der Waals surface area contributed by atoms with E-state index < -0.39 is 11.2 Å². The van der Waals surface area contributed by atoms with Crippen molar-refractivity contribution >= 4 is 0 Å². The molecule has 0 aliphatic heterocycles. The van der Waals surface area contributed by atoms with Crippen molar-refractivity contribution in [3.63, 3.8) is 0 Å². The molecule has 2 nitrogen and oxygen atoms in total. The number of hydrogen-bond donors (Lipinski definition) is 2. The van der Waals surface area contributed by atoms with Crippen molar-refractivity contribution in [3.05, 3.63) is 12.2 Å². The molecule has 1 aliphatic rings. The van der Waals surface area contributed by atoms with Gasteiger partial charge in [0.15, 0.2) is 0 Å². The van der Waals surface area contributed by atoms with E-state index in [-0.39, 0.29) is 0 Å². The summed E-state index contributed by atoms with van der Waals surface area (Å²) in [4.78, 5) is 0. The van der Waals surface area contributed by atoms with Gasteiger partial charge in [-0.3, -0.25) is 0 Å². The summed E-state index contributed by atoms with van der Waals surface area (Å²) in [5.41, 5.74) is 0.101. The van der Waals surface area contributed by atoms with Gasteiger partial charge < -0.3 is 10.2 Å². The van der Waals surface area contributed by atoms with E-state index in [1.807, 2.05) is 0 Å². The minimum absolute atomic E-state index is 0.500. The van der Waals surface area contributed by atoms with Crippen LogP contribution >= 0.6 is 0 Å². The SMILES string of the molecule is C=C(CCC(O)(CCCCC)CCCCC)CC1(O)CCCC1. The van der Waals surface area contributed by atoms with Crippen molar-refractivity contribution in [1.29, 1.82) is 0 Å². The van der Waals surface area contributed by atoms with E-state index in [1.165, 1.54) is 25.7 Å². The van der Waals surface area contributed by atoms with Gasteiger partial charge >= 0.3 is 0 Å². The molecule has 0 aromatic heterocycles. The van der Waals surface area contributed by atoms with Gasteiger partial charge in [0.05, 0.1) is 11.2 Å². The fourth-order valence-electron chi connectivity index (χ4n) is 3.96. The molecule has 0 aromatic carbocycles. The minimum atomic E-state index is -0.522. The largest absolute Gasteiger partial charge is 0.390 e. The van der Waals surface area contributed by atoms with Crippen LogP contribution in [0.4, 0.5) is 0 Å². The zero-order chi connectivity index (χ0) is 17.2. The third-order valence-corrected chi connectivity index (χ3v) is 5.55. The summed E-state index contributed by atoms with van der Waals surface area (Å²) >= 11 is 0. The van der Waals surface area contributed by atoms with Gasteiger partial charge in [0, 0.05) is 0 Å². The zero-order valence-corrected chi connectivity index (χ0v) is 15.7. The number of hydrogen-bond acceptors (Lipinski definition) is 2. The molecule has 136 valence electrons. The van der Waals surface area contributed by atoms with Crippen LogP contribution < -0.4 is 0 Å². The summed E-state index contributed by atoms with van der Waals surface area (Å²) < 4.78 is 0. The van der Waals surface area contributed by atoms with Crippen LogP contribution in [0, 0.1) is 0 Å². The Labute approximate surface area is 144 Å². The molecular weight excluding hydrogens is 284 g/mol. The van der Waals surface area contributed by atoms with Crippen LogP contribution in [0.3, 0.4) is 0 Å². The molecule has 23 heavy (non-hydrogen) atoms. The smallest absolute Gasteiger partial charge is 0.0684 e. The van der Waals surface area contributed by atoms with Crippen molar-refractivity contribution < 1.29 is 10.2 Å². The van der Waals surface area contributed by atoms with Gasteiger partial charge in [-0.15, -0.1) is 0 Å². The summed E-state index contributed by atoms with van der Waals surface area (Å²) in [5, 5.41) is 21.5. The Kier molecular flexibility index (Phi) is 9.46. The maximum Gasteiger partial charge on any atom is 0.0684 e. The molecule has 0 aromatic rings. The quantitative estimate of drug-likeness (QED) is 0.326. The summed E-state index contributed by atoms with van der Waals surface area (Å²) in [7, 11) is 0. The van der Waals surface area contributed by atoms with Crippen molar-refractivity contribution in [2.45, 2.75) is 121 Å². The van der Waals surface area contributed by atoms with Crippen molar-refractivity contribution in [2.24, 2.45) is 0 Å². The summed E-state index contributed by atoms with van der Waals surface area (Å²) in [5.74, 6) is 0. The molecule has 0 atom stereocenters. The Morgan fingerprint density at radius 3 is 1.96 bits per heavy atom. The molecule has 2 heteroatoms. The van der Waals surface area contributed by atoms with Crippen molar-refractivity contribution in [2.75, 3.05) is 0 Å². The lowest BCUT2D eigenvalue weighted by molar-refractivity contribution is 0.00765. The van der Waals surface area contributed by atoms with Gasteiger partial charge in [0.25, 0.3) is 0 Å². The molecule has 0 saturated heterocycles. The highest BCUT2D eigenvalue weighted by atomic mass is 16.3. The molecule has 0 spiro atoms. The third kappa shape index (κ3) is 8.35. The Hall–Kier alpha value is -0.340. The number of aliphatic hydroxyl groups is 2. The molecule has 0 radical (unpaired) electrons. The van der Waals surface area contributed by atoms with Crippen LogP contribution in [0.15, 0.2) is 12.2 Å². The average molecular weight is 325 g/mol. The third-order valence-electron chi connectivity index (χ3n) is 5.55. The molecule has 0 bridgehead atoms. The maximum absolute atomic E-state index is 11.0. The van der Waals surface area contributed by atoms with E-state index in [9.17, 15) is 10.2 Å². The van der Waals surface area contributed by atoms with Crippen molar-refractivity contribution in [1.82, 2.24) is 0 Å². The Bertz CT molecular complexity index is 319. The van der Waals surface area contributed by atoms with Gasteiger partial charge in [0.2, 0.25) is 0 Å². The van der Waals surface area contributed by atoms with Gasteiger partial charge in [-0.05, 0) is 44.9 Å². The molecule has 1 saturated carbocycles. The highest BCUT2D eigenvalue weighted by molar-refractivity contribution is 5.04. The second kappa shape index (κ2) is 10.5. The highest BCUT2D eigenvalue weighted by Gasteiger charge is 2.32. The average Bonchev–Trinajstić information content (AvgIpc) is 2.92. The standard InChI is InChI=1S/C21H40O2/c1-4-6-8-13-20(22,14-9-7-5-2)17-12-19(3)18-21(23)15-10-11-16-21/h22-23H,3-18H2,1-2H3. The first-order chi connectivity index (χ1) is 10.9. The Balaban J connectivity index is 2.42. The molecule has 0 amide bonds. The van der Waals surface area contributed by atoms with Crippen LogP contribution in [0.1, 0.15) is 110 Å². The zero-order valence-electron chi connectivity index (χ0n) is 15.7. The van der Waals surface area contributed by atoms with Gasteiger partial charge in [-0.25, -0.2) is 0 Å². The lowest BCUT2D eigenvalue weighted by Gasteiger charge is -2.30. The van der Waals surface area contributed by atoms with Crippen LogP contribution in [0.2, 0.25) is 0 Å². The van der Waals surface area contributed by atoms with Gasteiger partial charge in [-0.1, -0.05) is 77.4 Å². The highest BCUT2D eigenvalue weighted by Crippen LogP contribution is 2.36. The second-order valence-corrected chi connectivity index (χ2v) is 8.00. The molecule has 1 fully saturated rings. The maximum atomic E-state index is 11.0. The first-order valence-electron chi connectivity index (χ1n) is 10.0. The minimum Gasteiger partial charge on any atom is -0.390 e. The topological polar surface area (TPSA) is 40.5 Å². The van der Waals surface area contributed by atoms with E-state index in [0.717, 1.165) is 76.2 Å². The monoisotopic (exact) mass is 324 g/mol. The summed E-state index contributed by atoms with van der Waals surface area (Å²) in [6.45, 7) is 8.61. The van der Waals surface area contributed by atoms with E-state index in [1.54, 1.807) is 0 Å². The molecule has 2 N–H and O–H groups in total. The van der Waals surface area contributed by atoms with Gasteiger partial charge in [-0.2, -0.15) is 0 Å². The summed E-state index contributed by atoms with van der Waals surface area (Å²) in [6.07, 6.45) is 15.4. The first-order valence-corrected chi connectivity index (χ1v) is 10.0. The fraction of sp³-hybridized carbons (Fsp3) is 0.905. The van der Waals surface area contributed by atoms with E-state index in [0.29, 0.717) is 0 Å². The lowest BCUT2D eigenvalue weighted by atomic mass is 9.83. The predicted molar refractivity (Wildman–Crippen MR) is 99.6 cm³/mol. The normalized spacial score (nSPS) is 17.6. The van der Waals surface area contributed by atoms with Crippen LogP contribution in [0.25, 0.3) is 0 Å². The molecule has 1 rings (SSSR count). The number of rotatable bonds is 13. The lowest BCUT2D eigenvalue weighted by Crippen LogP contribution is -2.30. The van der Waals surface area contributed by atoms with Crippen LogP contribution in [0.5, 0.6) is 0 Å². The molecular formula is C21H40O2. The van der Waals surface area contributed by atoms with Gasteiger partial charge in [0.1, 0.15) is 0 Å². The first kappa shape index (κ1) is 20.7. The van der Waals surface area contributed by atoms with E-state index in [4.69, 9.17) is 0 Å². The molecule has 0 unspecified atom stereocenters. The Morgan fingerprint density at radius 1 is 0.957 bits per heavy atom. The van der Waals surface area contributed by atoms with Crippen molar-refractivity contribution in [3.8, 4) is 0 Å². The number of unbranched alkanes of at least 4 members (excludes halogenated alkanes) is 4. The molecule has 0 heterocycles.